The van der Waals surface area contributed by atoms with Gasteiger partial charge >= 0.3 is 0 Å². The first-order valence-corrected chi connectivity index (χ1v) is 15.9. The van der Waals surface area contributed by atoms with Crippen LogP contribution in [0.3, 0.4) is 0 Å². The lowest BCUT2D eigenvalue weighted by atomic mass is 9.81. The number of carbonyl (C=O) groups excluding carboxylic acids is 2. The lowest BCUT2D eigenvalue weighted by Crippen LogP contribution is -3.01. The molecule has 1 fully saturated rings. The Labute approximate surface area is 265 Å². The van der Waals surface area contributed by atoms with Crippen LogP contribution in [0.4, 0.5) is 0 Å². The predicted octanol–water partition coefficient (Wildman–Crippen LogP) is 3.67. The van der Waals surface area contributed by atoms with Crippen LogP contribution in [0.25, 0.3) is 0 Å². The summed E-state index contributed by atoms with van der Waals surface area (Å²) in [4.78, 5) is 29.5. The number of nitrogens with two attached hydrogens (primary N) is 3. The van der Waals surface area contributed by atoms with E-state index in [-0.39, 0.29) is 30.0 Å². The van der Waals surface area contributed by atoms with Gasteiger partial charge in [0, 0.05) is 22.7 Å². The van der Waals surface area contributed by atoms with E-state index in [9.17, 15) is 9.59 Å². The van der Waals surface area contributed by atoms with E-state index in [0.29, 0.717) is 41.4 Å². The van der Waals surface area contributed by atoms with E-state index < -0.39 is 11.6 Å². The van der Waals surface area contributed by atoms with E-state index in [1.165, 1.54) is 0 Å². The molecule has 2 aromatic rings. The van der Waals surface area contributed by atoms with Gasteiger partial charge in [-0.2, -0.15) is 5.53 Å². The molecule has 238 valence electrons. The number of carbonyl (C=O) groups is 2. The molecular weight excluding hydrogens is 589 g/mol. The zero-order valence-electron chi connectivity index (χ0n) is 25.7. The Kier molecular flexibility index (Phi) is 13.7. The molecule has 12 heteroatoms. The average molecular weight is 638 g/mol. The van der Waals surface area contributed by atoms with Crippen LogP contribution in [-0.4, -0.2) is 48.2 Å². The summed E-state index contributed by atoms with van der Waals surface area (Å²) in [6.07, 6.45) is 5.00. The van der Waals surface area contributed by atoms with Crippen LogP contribution in [0.5, 0.6) is 0 Å². The van der Waals surface area contributed by atoms with Gasteiger partial charge in [0.15, 0.2) is 0 Å². The molecular formula is C31H48Cl2N7O3+. The van der Waals surface area contributed by atoms with Gasteiger partial charge in [0.1, 0.15) is 11.7 Å². The molecule has 10 nitrogen and oxygen atoms in total. The SMILES string of the molecule is CCCC(c1ccc(C(=O)NCC(C)[NH2+]NNN)cc1)N(C(=O)C(CC)c1cc(Cl)cc(Cl)c1)C1(N)CCCCC1OC. The molecule has 2 amide bonds. The van der Waals surface area contributed by atoms with Crippen molar-refractivity contribution in [2.45, 2.75) is 95.5 Å². The number of nitrogens with zero attached hydrogens (tertiary/aromatic N) is 1. The number of quaternary nitrogens is 1. The molecule has 5 unspecified atom stereocenters. The number of hydrogen-bond donors (Lipinski definition) is 6. The number of methoxy groups -OCH3 is 1. The molecule has 43 heavy (non-hydrogen) atoms. The first kappa shape index (κ1) is 35.2. The monoisotopic (exact) mass is 636 g/mol. The van der Waals surface area contributed by atoms with Crippen molar-refractivity contribution in [3.63, 3.8) is 0 Å². The van der Waals surface area contributed by atoms with E-state index in [1.807, 2.05) is 30.9 Å². The first-order chi connectivity index (χ1) is 20.6. The number of rotatable bonds is 15. The van der Waals surface area contributed by atoms with Crippen LogP contribution in [0.1, 0.15) is 99.2 Å². The zero-order valence-corrected chi connectivity index (χ0v) is 27.2. The molecule has 0 heterocycles. The van der Waals surface area contributed by atoms with Gasteiger partial charge in [-0.15, -0.1) is 0 Å². The van der Waals surface area contributed by atoms with Crippen molar-refractivity contribution in [1.29, 1.82) is 0 Å². The smallest absolute Gasteiger partial charge is 0.251 e. The lowest BCUT2D eigenvalue weighted by molar-refractivity contribution is -0.745. The largest absolute Gasteiger partial charge is 0.378 e. The Balaban J connectivity index is 2.00. The highest BCUT2D eigenvalue weighted by molar-refractivity contribution is 6.34. The van der Waals surface area contributed by atoms with Crippen molar-refractivity contribution in [2.24, 2.45) is 11.6 Å². The second-order valence-electron chi connectivity index (χ2n) is 11.4. The van der Waals surface area contributed by atoms with Crippen LogP contribution in [0.2, 0.25) is 10.0 Å². The van der Waals surface area contributed by atoms with E-state index in [4.69, 9.17) is 39.5 Å². The highest BCUT2D eigenvalue weighted by Crippen LogP contribution is 2.42. The summed E-state index contributed by atoms with van der Waals surface area (Å²) in [6, 6.07) is 12.5. The van der Waals surface area contributed by atoms with E-state index in [1.54, 1.807) is 42.9 Å². The summed E-state index contributed by atoms with van der Waals surface area (Å²) >= 11 is 12.7. The molecule has 0 bridgehead atoms. The fraction of sp³-hybridized carbons (Fsp3) is 0.548. The minimum absolute atomic E-state index is 0.0543. The number of benzene rings is 2. The minimum atomic E-state index is -1.02. The second-order valence-corrected chi connectivity index (χ2v) is 12.3. The zero-order chi connectivity index (χ0) is 31.6. The highest BCUT2D eigenvalue weighted by atomic mass is 35.5. The maximum Gasteiger partial charge on any atom is 0.251 e. The minimum Gasteiger partial charge on any atom is -0.378 e. The number of hydrogen-bond acceptors (Lipinski definition) is 7. The van der Waals surface area contributed by atoms with Gasteiger partial charge in [-0.25, -0.2) is 5.43 Å². The summed E-state index contributed by atoms with van der Waals surface area (Å²) in [6.45, 7) is 6.47. The van der Waals surface area contributed by atoms with E-state index >= 15 is 0 Å². The van der Waals surface area contributed by atoms with Gasteiger partial charge in [-0.1, -0.05) is 67.6 Å². The Hall–Kier alpha value is -2.28. The quantitative estimate of drug-likeness (QED) is 0.0991. The Bertz CT molecular complexity index is 1180. The first-order valence-electron chi connectivity index (χ1n) is 15.1. The normalized spacial score (nSPS) is 20.7. The van der Waals surface area contributed by atoms with Gasteiger partial charge in [-0.05, 0) is 80.5 Å². The maximum atomic E-state index is 14.8. The van der Waals surface area contributed by atoms with Crippen LogP contribution in [0.15, 0.2) is 42.5 Å². The van der Waals surface area contributed by atoms with Crippen LogP contribution >= 0.6 is 23.2 Å². The maximum absolute atomic E-state index is 14.8. The molecule has 0 aliphatic heterocycles. The van der Waals surface area contributed by atoms with Crippen molar-refractivity contribution in [3.05, 3.63) is 69.2 Å². The van der Waals surface area contributed by atoms with Gasteiger partial charge in [0.25, 0.3) is 5.91 Å². The van der Waals surface area contributed by atoms with E-state index in [2.05, 4.69) is 23.3 Å². The molecule has 1 aliphatic carbocycles. The van der Waals surface area contributed by atoms with Crippen molar-refractivity contribution in [2.75, 3.05) is 13.7 Å². The molecule has 1 saturated carbocycles. The van der Waals surface area contributed by atoms with Crippen molar-refractivity contribution >= 4 is 35.0 Å². The molecule has 9 N–H and O–H groups in total. The molecule has 1 aliphatic rings. The molecule has 3 rings (SSSR count). The molecule has 0 spiro atoms. The molecule has 0 radical (unpaired) electrons. The fourth-order valence-corrected chi connectivity index (χ4v) is 6.62. The third-order valence-electron chi connectivity index (χ3n) is 8.28. The Morgan fingerprint density at radius 3 is 2.37 bits per heavy atom. The number of ether oxygens (including phenoxy) is 1. The summed E-state index contributed by atoms with van der Waals surface area (Å²) in [5, 5.41) is 3.90. The lowest BCUT2D eigenvalue weighted by Gasteiger charge is -2.52. The van der Waals surface area contributed by atoms with Crippen molar-refractivity contribution < 1.29 is 19.8 Å². The van der Waals surface area contributed by atoms with Gasteiger partial charge < -0.3 is 20.7 Å². The van der Waals surface area contributed by atoms with E-state index in [0.717, 1.165) is 36.8 Å². The molecule has 5 atom stereocenters. The van der Waals surface area contributed by atoms with Crippen LogP contribution in [0, 0.1) is 0 Å². The van der Waals surface area contributed by atoms with Crippen LogP contribution < -0.4 is 33.4 Å². The third-order valence-corrected chi connectivity index (χ3v) is 8.72. The standard InChI is InChI=1S/C31H47Cl2N7O3/c1-5-9-27(21-11-13-22(14-12-21)29(41)36-19-20(3)37-39-38-35)40(31(34)15-8-7-10-28(31)43-4)30(42)26(6-2)23-16-24(32)18-25(33)17-23/h11-14,16-18,20,26-28,37-39H,5-10,15,19,34-35H2,1-4H3,(H,36,41)/p+1. The summed E-state index contributed by atoms with van der Waals surface area (Å²) in [7, 11) is 1.66. The average Bonchev–Trinajstić information content (AvgIpc) is 2.98. The third kappa shape index (κ3) is 8.89. The molecule has 0 aromatic heterocycles. The summed E-state index contributed by atoms with van der Waals surface area (Å²) in [5.74, 6) is 4.47. The second kappa shape index (κ2) is 16.7. The van der Waals surface area contributed by atoms with Crippen molar-refractivity contribution in [3.8, 4) is 0 Å². The Morgan fingerprint density at radius 2 is 1.79 bits per heavy atom. The van der Waals surface area contributed by atoms with Gasteiger partial charge in [0.05, 0.1) is 24.6 Å². The van der Waals surface area contributed by atoms with Gasteiger partial charge in [0.2, 0.25) is 5.91 Å². The molecule has 0 saturated heterocycles. The summed E-state index contributed by atoms with van der Waals surface area (Å²) in [5.41, 5.74) is 15.3. The number of hydrazine groups is 2. The topological polar surface area (TPSA) is 151 Å². The van der Waals surface area contributed by atoms with Crippen LogP contribution in [-0.2, 0) is 9.53 Å². The number of nitrogens with one attached hydrogen (secondary N) is 3. The fourth-order valence-electron chi connectivity index (χ4n) is 6.07. The number of halogens is 2. The van der Waals surface area contributed by atoms with Gasteiger partial charge in [-0.3, -0.25) is 15.4 Å². The predicted molar refractivity (Wildman–Crippen MR) is 171 cm³/mol. The Morgan fingerprint density at radius 1 is 1.12 bits per heavy atom. The van der Waals surface area contributed by atoms with Crippen molar-refractivity contribution in [1.82, 2.24) is 21.3 Å². The highest BCUT2D eigenvalue weighted by Gasteiger charge is 2.49. The number of amides is 2. The molecule has 2 aromatic carbocycles. The summed E-state index contributed by atoms with van der Waals surface area (Å²) < 4.78 is 5.95.